The highest BCUT2D eigenvalue weighted by molar-refractivity contribution is 8.14. The van der Waals surface area contributed by atoms with Crippen molar-refractivity contribution >= 4 is 22.9 Å². The van der Waals surface area contributed by atoms with E-state index < -0.39 is 0 Å². The van der Waals surface area contributed by atoms with Crippen LogP contribution >= 0.6 is 11.8 Å². The molecule has 0 radical (unpaired) electrons. The van der Waals surface area contributed by atoms with Crippen molar-refractivity contribution in [2.45, 2.75) is 43.6 Å². The summed E-state index contributed by atoms with van der Waals surface area (Å²) in [5, 5.41) is 0.941. The largest absolute Gasteiger partial charge is 0.463 e. The van der Waals surface area contributed by atoms with E-state index in [1.165, 1.54) is 6.92 Å². The third-order valence-corrected chi connectivity index (χ3v) is 5.43. The molecule has 6 nitrogen and oxygen atoms in total. The lowest BCUT2D eigenvalue weighted by atomic mass is 10.0. The summed E-state index contributed by atoms with van der Waals surface area (Å²) in [5.74, 6) is -0.295. The van der Waals surface area contributed by atoms with Crippen LogP contribution in [0.2, 0.25) is 0 Å². The Morgan fingerprint density at radius 3 is 2.80 bits per heavy atom. The number of aliphatic imine (C=N–C) groups is 1. The van der Waals surface area contributed by atoms with Crippen LogP contribution in [0.25, 0.3) is 0 Å². The van der Waals surface area contributed by atoms with Crippen LogP contribution in [0.15, 0.2) is 35.3 Å². The van der Waals surface area contributed by atoms with Crippen molar-refractivity contribution in [3.05, 3.63) is 35.9 Å². The van der Waals surface area contributed by atoms with Crippen molar-refractivity contribution in [2.24, 2.45) is 4.99 Å². The topological polar surface area (TPSA) is 60.4 Å². The maximum atomic E-state index is 11.1. The van der Waals surface area contributed by atoms with Gasteiger partial charge in [-0.3, -0.25) is 9.79 Å². The van der Waals surface area contributed by atoms with Gasteiger partial charge in [-0.1, -0.05) is 42.1 Å². The average Bonchev–Trinajstić information content (AvgIpc) is 3.03. The first-order valence-corrected chi connectivity index (χ1v) is 9.27. The molecule has 1 saturated heterocycles. The molecule has 4 atom stereocenters. The molecule has 1 aromatic carbocycles. The number of ether oxygens (including phenoxy) is 3. The molecule has 0 bridgehead atoms. The van der Waals surface area contributed by atoms with Crippen LogP contribution < -0.4 is 0 Å². The minimum atomic E-state index is -0.295. The van der Waals surface area contributed by atoms with E-state index in [1.54, 1.807) is 11.8 Å². The molecule has 0 saturated carbocycles. The lowest BCUT2D eigenvalue weighted by Crippen LogP contribution is -2.46. The first kappa shape index (κ1) is 18.2. The number of hydrogen-bond donors (Lipinski definition) is 0. The molecular formula is C18H24N2O4S. The van der Waals surface area contributed by atoms with Crippen LogP contribution in [-0.2, 0) is 25.6 Å². The van der Waals surface area contributed by atoms with E-state index in [0.29, 0.717) is 13.0 Å². The van der Waals surface area contributed by atoms with E-state index in [9.17, 15) is 4.79 Å². The Labute approximate surface area is 152 Å². The fourth-order valence-corrected chi connectivity index (χ4v) is 4.07. The summed E-state index contributed by atoms with van der Waals surface area (Å²) in [7, 11) is 3.94. The molecule has 0 aromatic heterocycles. The lowest BCUT2D eigenvalue weighted by Gasteiger charge is -2.36. The maximum absolute atomic E-state index is 11.1. The molecule has 1 aromatic rings. The molecule has 4 unspecified atom stereocenters. The van der Waals surface area contributed by atoms with Gasteiger partial charge in [-0.2, -0.15) is 0 Å². The number of rotatable bonds is 5. The highest BCUT2D eigenvalue weighted by Gasteiger charge is 2.44. The fourth-order valence-electron chi connectivity index (χ4n) is 2.89. The third kappa shape index (κ3) is 4.74. The summed E-state index contributed by atoms with van der Waals surface area (Å²) in [4.78, 5) is 17.9. The van der Waals surface area contributed by atoms with Gasteiger partial charge in [-0.25, -0.2) is 0 Å². The van der Waals surface area contributed by atoms with E-state index in [0.717, 1.165) is 10.7 Å². The molecule has 2 heterocycles. The summed E-state index contributed by atoms with van der Waals surface area (Å²) in [5.41, 5.74) is 1.03. The second-order valence-corrected chi connectivity index (χ2v) is 7.48. The van der Waals surface area contributed by atoms with E-state index in [2.05, 4.69) is 0 Å². The Morgan fingerprint density at radius 1 is 1.36 bits per heavy atom. The van der Waals surface area contributed by atoms with E-state index in [4.69, 9.17) is 19.2 Å². The zero-order chi connectivity index (χ0) is 17.8. The highest BCUT2D eigenvalue weighted by Crippen LogP contribution is 2.38. The minimum absolute atomic E-state index is 0.0420. The second-order valence-electron chi connectivity index (χ2n) is 6.41. The molecule has 7 heteroatoms. The Hall–Kier alpha value is -1.57. The maximum Gasteiger partial charge on any atom is 0.302 e. The summed E-state index contributed by atoms with van der Waals surface area (Å²) in [6.07, 6.45) is 0.422. The molecule has 2 aliphatic heterocycles. The molecule has 0 amide bonds. The first-order valence-electron chi connectivity index (χ1n) is 8.39. The number of fused-ring (bicyclic) bond motifs is 1. The third-order valence-electron chi connectivity index (χ3n) is 4.12. The fraction of sp³-hybridized carbons (Fsp3) is 0.556. The number of carbonyl (C=O) groups is 1. The lowest BCUT2D eigenvalue weighted by molar-refractivity contribution is -0.153. The van der Waals surface area contributed by atoms with Gasteiger partial charge in [0.25, 0.3) is 0 Å². The predicted molar refractivity (Wildman–Crippen MR) is 97.4 cm³/mol. The van der Waals surface area contributed by atoms with Gasteiger partial charge in [0, 0.05) is 27.4 Å². The highest BCUT2D eigenvalue weighted by atomic mass is 32.2. The van der Waals surface area contributed by atoms with Crippen LogP contribution in [0.4, 0.5) is 0 Å². The van der Waals surface area contributed by atoms with Crippen molar-refractivity contribution in [3.63, 3.8) is 0 Å². The van der Waals surface area contributed by atoms with Gasteiger partial charge in [0.2, 0.25) is 0 Å². The zero-order valence-corrected chi connectivity index (χ0v) is 15.6. The monoisotopic (exact) mass is 364 g/mol. The van der Waals surface area contributed by atoms with E-state index >= 15 is 0 Å². The summed E-state index contributed by atoms with van der Waals surface area (Å²) in [6, 6.07) is 10.0. The minimum Gasteiger partial charge on any atom is -0.463 e. The van der Waals surface area contributed by atoms with Crippen LogP contribution in [0.5, 0.6) is 0 Å². The molecule has 0 spiro atoms. The van der Waals surface area contributed by atoms with Gasteiger partial charge < -0.3 is 19.1 Å². The Bertz CT molecular complexity index is 623. The first-order chi connectivity index (χ1) is 12.0. The van der Waals surface area contributed by atoms with Crippen molar-refractivity contribution in [1.82, 2.24) is 4.90 Å². The van der Waals surface area contributed by atoms with Gasteiger partial charge in [-0.05, 0) is 5.56 Å². The normalized spacial score (nSPS) is 28.2. The number of nitrogens with zero attached hydrogens (tertiary/aromatic N) is 2. The summed E-state index contributed by atoms with van der Waals surface area (Å²) < 4.78 is 17.4. The van der Waals surface area contributed by atoms with E-state index in [1.807, 2.05) is 49.3 Å². The standard InChI is InChI=1S/C18H24N2O4S/c1-12(21)22-11-14-9-15(23-10-13-7-5-4-6-8-13)16-17(24-14)25-18(19-16)20(2)3/h4-8,14-17H,9-11H2,1-3H3. The molecule has 2 aliphatic rings. The number of hydrogen-bond acceptors (Lipinski definition) is 7. The van der Waals surface area contributed by atoms with Gasteiger partial charge in [0.05, 0.1) is 18.8 Å². The van der Waals surface area contributed by atoms with Gasteiger partial charge >= 0.3 is 5.97 Å². The summed E-state index contributed by atoms with van der Waals surface area (Å²) >= 11 is 1.60. The van der Waals surface area contributed by atoms with Gasteiger partial charge in [0.15, 0.2) is 5.17 Å². The molecule has 0 aliphatic carbocycles. The molecule has 0 N–H and O–H groups in total. The van der Waals surface area contributed by atoms with Crippen LogP contribution in [0.1, 0.15) is 18.9 Å². The van der Waals surface area contributed by atoms with E-state index in [-0.39, 0.29) is 36.3 Å². The summed E-state index contributed by atoms with van der Waals surface area (Å²) in [6.45, 7) is 2.20. The van der Waals surface area contributed by atoms with Crippen molar-refractivity contribution in [1.29, 1.82) is 0 Å². The number of esters is 1. The van der Waals surface area contributed by atoms with Crippen LogP contribution in [-0.4, -0.2) is 60.4 Å². The molecule has 1 fully saturated rings. The van der Waals surface area contributed by atoms with Gasteiger partial charge in [0.1, 0.15) is 18.1 Å². The molecule has 3 rings (SSSR count). The number of amidine groups is 1. The number of benzene rings is 1. The van der Waals surface area contributed by atoms with Crippen molar-refractivity contribution in [2.75, 3.05) is 20.7 Å². The van der Waals surface area contributed by atoms with Crippen LogP contribution in [0, 0.1) is 0 Å². The smallest absolute Gasteiger partial charge is 0.302 e. The Morgan fingerprint density at radius 2 is 2.12 bits per heavy atom. The molecular weight excluding hydrogens is 340 g/mol. The quantitative estimate of drug-likeness (QED) is 0.747. The average molecular weight is 364 g/mol. The number of carbonyl (C=O) groups excluding carboxylic acids is 1. The molecule has 25 heavy (non-hydrogen) atoms. The molecule has 136 valence electrons. The van der Waals surface area contributed by atoms with Crippen molar-refractivity contribution in [3.8, 4) is 0 Å². The van der Waals surface area contributed by atoms with Gasteiger partial charge in [-0.15, -0.1) is 0 Å². The Balaban J connectivity index is 1.68. The Kier molecular flexibility index (Phi) is 5.98. The number of thioether (sulfide) groups is 1. The predicted octanol–water partition coefficient (Wildman–Crippen LogP) is 2.28. The van der Waals surface area contributed by atoms with Crippen LogP contribution in [0.3, 0.4) is 0 Å². The zero-order valence-electron chi connectivity index (χ0n) is 14.8. The SMILES string of the molecule is CC(=O)OCC1CC(OCc2ccccc2)C2N=C(N(C)C)SC2O1. The van der Waals surface area contributed by atoms with Crippen molar-refractivity contribution < 1.29 is 19.0 Å². The second kappa shape index (κ2) is 8.21.